The molecule has 0 bridgehead atoms. The molecule has 0 aliphatic carbocycles. The highest BCUT2D eigenvalue weighted by atomic mass is 16.5. The predicted octanol–water partition coefficient (Wildman–Crippen LogP) is 3.02. The van der Waals surface area contributed by atoms with Crippen molar-refractivity contribution in [2.45, 2.75) is 32.1 Å². The zero-order valence-corrected chi connectivity index (χ0v) is 14.3. The Bertz CT molecular complexity index is 641. The second-order valence-corrected chi connectivity index (χ2v) is 6.29. The lowest BCUT2D eigenvalue weighted by molar-refractivity contribution is 0.193. The maximum atomic E-state index is 5.98. The van der Waals surface area contributed by atoms with Crippen LogP contribution in [0.15, 0.2) is 36.4 Å². The summed E-state index contributed by atoms with van der Waals surface area (Å²) in [4.78, 5) is 11.2. The summed E-state index contributed by atoms with van der Waals surface area (Å²) in [6.07, 6.45) is 3.07. The molecule has 5 nitrogen and oxygen atoms in total. The van der Waals surface area contributed by atoms with Crippen molar-refractivity contribution >= 4 is 11.8 Å². The first-order valence-electron chi connectivity index (χ1n) is 8.77. The quantitative estimate of drug-likeness (QED) is 0.847. The van der Waals surface area contributed by atoms with Gasteiger partial charge >= 0.3 is 0 Å². The Morgan fingerprint density at radius 1 is 1.21 bits per heavy atom. The Hall–Kier alpha value is -2.14. The highest BCUT2D eigenvalue weighted by Gasteiger charge is 2.21. The maximum absolute atomic E-state index is 5.98. The van der Waals surface area contributed by atoms with Crippen molar-refractivity contribution in [2.75, 3.05) is 36.9 Å². The molecule has 0 amide bonds. The van der Waals surface area contributed by atoms with E-state index in [9.17, 15) is 0 Å². The molecule has 128 valence electrons. The Kier molecular flexibility index (Phi) is 5.64. The largest absolute Gasteiger partial charge is 0.381 e. The van der Waals surface area contributed by atoms with Gasteiger partial charge in [-0.15, -0.1) is 0 Å². The monoisotopic (exact) mass is 326 g/mol. The first kappa shape index (κ1) is 16.7. The molecule has 1 saturated heterocycles. The summed E-state index contributed by atoms with van der Waals surface area (Å²) < 4.78 is 5.49. The fourth-order valence-electron chi connectivity index (χ4n) is 3.13. The summed E-state index contributed by atoms with van der Waals surface area (Å²) in [7, 11) is 0. The molecule has 2 N–H and O–H groups in total. The van der Waals surface area contributed by atoms with Gasteiger partial charge in [0.25, 0.3) is 0 Å². The molecule has 1 aliphatic rings. The lowest BCUT2D eigenvalue weighted by Crippen LogP contribution is -2.28. The van der Waals surface area contributed by atoms with Crippen LogP contribution < -0.4 is 10.6 Å². The van der Waals surface area contributed by atoms with Crippen molar-refractivity contribution in [1.29, 1.82) is 0 Å². The van der Waals surface area contributed by atoms with Crippen LogP contribution in [0.1, 0.15) is 36.9 Å². The molecule has 5 heteroatoms. The Balaban J connectivity index is 1.76. The molecular weight excluding hydrogens is 300 g/mol. The van der Waals surface area contributed by atoms with E-state index >= 15 is 0 Å². The van der Waals surface area contributed by atoms with Crippen molar-refractivity contribution < 1.29 is 4.74 Å². The topological polar surface area (TPSA) is 64.3 Å². The molecule has 24 heavy (non-hydrogen) atoms. The molecule has 0 saturated carbocycles. The number of hydrogen-bond acceptors (Lipinski definition) is 5. The summed E-state index contributed by atoms with van der Waals surface area (Å²) in [5.41, 5.74) is 8.33. The van der Waals surface area contributed by atoms with Crippen molar-refractivity contribution in [3.05, 3.63) is 47.7 Å². The highest BCUT2D eigenvalue weighted by molar-refractivity contribution is 5.44. The zero-order chi connectivity index (χ0) is 16.8. The van der Waals surface area contributed by atoms with Crippen LogP contribution in [0.5, 0.6) is 0 Å². The van der Waals surface area contributed by atoms with E-state index in [2.05, 4.69) is 52.1 Å². The van der Waals surface area contributed by atoms with Crippen molar-refractivity contribution in [3.63, 3.8) is 0 Å². The molecule has 1 fully saturated rings. The molecular formula is C19H26N4O. The highest BCUT2D eigenvalue weighted by Crippen LogP contribution is 2.26. The van der Waals surface area contributed by atoms with Gasteiger partial charge in [-0.25, -0.2) is 4.98 Å². The zero-order valence-electron chi connectivity index (χ0n) is 14.3. The minimum Gasteiger partial charge on any atom is -0.381 e. The number of benzene rings is 1. The number of nitrogens with two attached hydrogens (primary N) is 1. The summed E-state index contributed by atoms with van der Waals surface area (Å²) in [5.74, 6) is 1.63. The molecule has 1 aliphatic heterocycles. The Morgan fingerprint density at radius 2 is 2.04 bits per heavy atom. The number of nitrogen functional groups attached to an aromatic ring is 1. The number of rotatable bonds is 7. The average molecular weight is 326 g/mol. The van der Waals surface area contributed by atoms with Crippen molar-refractivity contribution in [2.24, 2.45) is 0 Å². The third kappa shape index (κ3) is 4.23. The number of ether oxygens (including phenoxy) is 1. The van der Waals surface area contributed by atoms with Gasteiger partial charge in [0.2, 0.25) is 5.95 Å². The summed E-state index contributed by atoms with van der Waals surface area (Å²) >= 11 is 0. The molecule has 0 spiro atoms. The fraction of sp³-hybridized carbons (Fsp3) is 0.474. The van der Waals surface area contributed by atoms with Crippen LogP contribution in [0.3, 0.4) is 0 Å². The van der Waals surface area contributed by atoms with Gasteiger partial charge in [0.1, 0.15) is 5.82 Å². The van der Waals surface area contributed by atoms with E-state index in [-0.39, 0.29) is 0 Å². The SMILES string of the molecule is CCCN(CCc1ccccc1)c1cc([C@@H]2CCOC2)nc(N)n1. The molecule has 0 unspecified atom stereocenters. The van der Waals surface area contributed by atoms with Gasteiger partial charge in [0, 0.05) is 31.7 Å². The molecule has 2 heterocycles. The Morgan fingerprint density at radius 3 is 2.75 bits per heavy atom. The van der Waals surface area contributed by atoms with E-state index in [1.807, 2.05) is 6.07 Å². The van der Waals surface area contributed by atoms with E-state index in [4.69, 9.17) is 10.5 Å². The van der Waals surface area contributed by atoms with Crippen LogP contribution in [-0.4, -0.2) is 36.3 Å². The first-order valence-corrected chi connectivity index (χ1v) is 8.77. The minimum absolute atomic E-state index is 0.339. The summed E-state index contributed by atoms with van der Waals surface area (Å²) in [6.45, 7) is 5.61. The second-order valence-electron chi connectivity index (χ2n) is 6.29. The summed E-state index contributed by atoms with van der Waals surface area (Å²) in [5, 5.41) is 0. The third-order valence-electron chi connectivity index (χ3n) is 4.43. The Labute approximate surface area is 143 Å². The number of anilines is 2. The van der Waals surface area contributed by atoms with Gasteiger partial charge in [-0.1, -0.05) is 37.3 Å². The van der Waals surface area contributed by atoms with Crippen molar-refractivity contribution in [1.82, 2.24) is 9.97 Å². The first-order chi connectivity index (χ1) is 11.8. The second kappa shape index (κ2) is 8.11. The van der Waals surface area contributed by atoms with Crippen LogP contribution in [-0.2, 0) is 11.2 Å². The number of hydrogen-bond donors (Lipinski definition) is 1. The van der Waals surface area contributed by atoms with Gasteiger partial charge < -0.3 is 15.4 Å². The number of nitrogens with zero attached hydrogens (tertiary/aromatic N) is 3. The smallest absolute Gasteiger partial charge is 0.222 e. The third-order valence-corrected chi connectivity index (χ3v) is 4.43. The molecule has 1 aromatic carbocycles. The molecule has 3 rings (SSSR count). The van der Waals surface area contributed by atoms with Crippen LogP contribution in [0.25, 0.3) is 0 Å². The van der Waals surface area contributed by atoms with E-state index in [1.54, 1.807) is 0 Å². The van der Waals surface area contributed by atoms with Gasteiger partial charge in [0.15, 0.2) is 0 Å². The molecule has 0 radical (unpaired) electrons. The van der Waals surface area contributed by atoms with Gasteiger partial charge in [-0.3, -0.25) is 0 Å². The van der Waals surface area contributed by atoms with Gasteiger partial charge in [0.05, 0.1) is 12.3 Å². The fourth-order valence-corrected chi connectivity index (χ4v) is 3.13. The van der Waals surface area contributed by atoms with Crippen LogP contribution in [0, 0.1) is 0 Å². The van der Waals surface area contributed by atoms with E-state index in [0.29, 0.717) is 11.9 Å². The minimum atomic E-state index is 0.339. The molecule has 1 aromatic heterocycles. The van der Waals surface area contributed by atoms with Gasteiger partial charge in [-0.05, 0) is 24.8 Å². The standard InChI is InChI=1S/C19H26N4O/c1-2-10-23(11-8-15-6-4-3-5-7-15)18-13-17(21-19(20)22-18)16-9-12-24-14-16/h3-7,13,16H,2,8-12,14H2,1H3,(H2,20,21,22)/t16-/m1/s1. The molecule has 2 aromatic rings. The normalized spacial score (nSPS) is 17.1. The van der Waals surface area contributed by atoms with Crippen LogP contribution in [0.4, 0.5) is 11.8 Å². The lowest BCUT2D eigenvalue weighted by Gasteiger charge is -2.24. The van der Waals surface area contributed by atoms with E-state index in [0.717, 1.165) is 57.1 Å². The number of aromatic nitrogens is 2. The van der Waals surface area contributed by atoms with Crippen LogP contribution in [0.2, 0.25) is 0 Å². The van der Waals surface area contributed by atoms with E-state index < -0.39 is 0 Å². The summed E-state index contributed by atoms with van der Waals surface area (Å²) in [6, 6.07) is 12.6. The van der Waals surface area contributed by atoms with E-state index in [1.165, 1.54) is 5.56 Å². The average Bonchev–Trinajstić information content (AvgIpc) is 3.13. The van der Waals surface area contributed by atoms with Gasteiger partial charge in [-0.2, -0.15) is 4.98 Å². The van der Waals surface area contributed by atoms with Crippen LogP contribution >= 0.6 is 0 Å². The van der Waals surface area contributed by atoms with Crippen molar-refractivity contribution in [3.8, 4) is 0 Å². The maximum Gasteiger partial charge on any atom is 0.222 e. The predicted molar refractivity (Wildman–Crippen MR) is 97.3 cm³/mol. The molecule has 1 atom stereocenters. The lowest BCUT2D eigenvalue weighted by atomic mass is 10.0.